The van der Waals surface area contributed by atoms with E-state index < -0.39 is 10.0 Å². The standard InChI is InChI=1S/C17H18N4O3S/c1-21-15-9-4-3-8-14(15)19-16(21)11-18-17(22)12-6-5-7-13(10-12)20-25(2,23)24/h3-10,20H,11H2,1-2H3,(H,18,22). The normalized spacial score (nSPS) is 11.4. The quantitative estimate of drug-likeness (QED) is 0.728. The van der Waals surface area contributed by atoms with Gasteiger partial charge in [-0.1, -0.05) is 18.2 Å². The van der Waals surface area contributed by atoms with Crippen LogP contribution in [0.5, 0.6) is 0 Å². The van der Waals surface area contributed by atoms with E-state index in [0.29, 0.717) is 11.3 Å². The Bertz CT molecular complexity index is 1040. The van der Waals surface area contributed by atoms with Crippen molar-refractivity contribution in [1.82, 2.24) is 14.9 Å². The van der Waals surface area contributed by atoms with Crippen molar-refractivity contribution in [3.05, 3.63) is 59.9 Å². The summed E-state index contributed by atoms with van der Waals surface area (Å²) < 4.78 is 26.9. The molecule has 1 amide bonds. The molecule has 25 heavy (non-hydrogen) atoms. The van der Waals surface area contributed by atoms with Crippen LogP contribution in [0.15, 0.2) is 48.5 Å². The molecule has 8 heteroatoms. The summed E-state index contributed by atoms with van der Waals surface area (Å²) in [6.07, 6.45) is 1.06. The highest BCUT2D eigenvalue weighted by Gasteiger charge is 2.11. The molecule has 2 aromatic carbocycles. The van der Waals surface area contributed by atoms with Crippen molar-refractivity contribution in [2.75, 3.05) is 11.0 Å². The predicted octanol–water partition coefficient (Wildman–Crippen LogP) is 1.87. The van der Waals surface area contributed by atoms with Gasteiger partial charge < -0.3 is 9.88 Å². The maximum atomic E-state index is 12.3. The first kappa shape index (κ1) is 17.0. The van der Waals surface area contributed by atoms with Crippen LogP contribution in [0.4, 0.5) is 5.69 Å². The Balaban J connectivity index is 1.74. The maximum Gasteiger partial charge on any atom is 0.251 e. The number of nitrogens with one attached hydrogen (secondary N) is 2. The van der Waals surface area contributed by atoms with Crippen LogP contribution in [-0.4, -0.2) is 30.1 Å². The van der Waals surface area contributed by atoms with E-state index in [0.717, 1.165) is 23.1 Å². The number of carbonyl (C=O) groups excluding carboxylic acids is 1. The number of rotatable bonds is 5. The molecule has 0 unspecified atom stereocenters. The van der Waals surface area contributed by atoms with Gasteiger partial charge in [0.2, 0.25) is 10.0 Å². The molecule has 0 aliphatic carbocycles. The van der Waals surface area contributed by atoms with Crippen LogP contribution in [-0.2, 0) is 23.6 Å². The number of anilines is 1. The molecule has 0 radical (unpaired) electrons. The highest BCUT2D eigenvalue weighted by atomic mass is 32.2. The second-order valence-corrected chi connectivity index (χ2v) is 7.46. The van der Waals surface area contributed by atoms with Crippen molar-refractivity contribution in [2.45, 2.75) is 6.54 Å². The Morgan fingerprint density at radius 3 is 2.64 bits per heavy atom. The number of benzene rings is 2. The van der Waals surface area contributed by atoms with Crippen molar-refractivity contribution in [3.63, 3.8) is 0 Å². The average Bonchev–Trinajstić information content (AvgIpc) is 2.88. The number of carbonyl (C=O) groups is 1. The average molecular weight is 358 g/mol. The molecular formula is C17H18N4O3S. The minimum absolute atomic E-state index is 0.272. The van der Waals surface area contributed by atoms with Crippen molar-refractivity contribution >= 4 is 32.7 Å². The number of aromatic nitrogens is 2. The van der Waals surface area contributed by atoms with Gasteiger partial charge in [0.25, 0.3) is 5.91 Å². The van der Waals surface area contributed by atoms with Gasteiger partial charge in [-0.25, -0.2) is 13.4 Å². The fourth-order valence-corrected chi connectivity index (χ4v) is 3.11. The van der Waals surface area contributed by atoms with E-state index in [4.69, 9.17) is 0 Å². The molecule has 0 spiro atoms. The van der Waals surface area contributed by atoms with Crippen molar-refractivity contribution in [1.29, 1.82) is 0 Å². The number of aryl methyl sites for hydroxylation is 1. The zero-order valence-electron chi connectivity index (χ0n) is 13.9. The SMILES string of the molecule is Cn1c(CNC(=O)c2cccc(NS(C)(=O)=O)c2)nc2ccccc21. The monoisotopic (exact) mass is 358 g/mol. The molecule has 0 saturated carbocycles. The van der Waals surface area contributed by atoms with E-state index >= 15 is 0 Å². The number of fused-ring (bicyclic) bond motifs is 1. The van der Waals surface area contributed by atoms with Gasteiger partial charge in [0.05, 0.1) is 23.8 Å². The number of amides is 1. The summed E-state index contributed by atoms with van der Waals surface area (Å²) in [6, 6.07) is 14.1. The summed E-state index contributed by atoms with van der Waals surface area (Å²) in [7, 11) is -1.49. The molecule has 0 atom stereocenters. The molecule has 3 aromatic rings. The Hall–Kier alpha value is -2.87. The first-order valence-electron chi connectivity index (χ1n) is 7.60. The van der Waals surface area contributed by atoms with Gasteiger partial charge in [-0.3, -0.25) is 9.52 Å². The lowest BCUT2D eigenvalue weighted by Gasteiger charge is -2.08. The third-order valence-corrected chi connectivity index (χ3v) is 4.32. The van der Waals surface area contributed by atoms with E-state index in [1.165, 1.54) is 6.07 Å². The number of hydrogen-bond donors (Lipinski definition) is 2. The molecule has 7 nitrogen and oxygen atoms in total. The Labute approximate surface area is 145 Å². The van der Waals surface area contributed by atoms with E-state index in [1.807, 2.05) is 35.9 Å². The lowest BCUT2D eigenvalue weighted by Crippen LogP contribution is -2.24. The summed E-state index contributed by atoms with van der Waals surface area (Å²) in [6.45, 7) is 0.272. The van der Waals surface area contributed by atoms with E-state index in [1.54, 1.807) is 18.2 Å². The third-order valence-electron chi connectivity index (χ3n) is 3.71. The molecule has 3 rings (SSSR count). The number of sulfonamides is 1. The van der Waals surface area contributed by atoms with Crippen LogP contribution in [0.3, 0.4) is 0 Å². The highest BCUT2D eigenvalue weighted by molar-refractivity contribution is 7.92. The first-order chi connectivity index (χ1) is 11.8. The molecule has 0 bridgehead atoms. The molecule has 1 aromatic heterocycles. The largest absolute Gasteiger partial charge is 0.345 e. The second kappa shape index (κ2) is 6.56. The lowest BCUT2D eigenvalue weighted by molar-refractivity contribution is 0.0949. The van der Waals surface area contributed by atoms with Gasteiger partial charge in [-0.2, -0.15) is 0 Å². The minimum Gasteiger partial charge on any atom is -0.345 e. The molecule has 2 N–H and O–H groups in total. The van der Waals surface area contributed by atoms with E-state index in [-0.39, 0.29) is 12.5 Å². The van der Waals surface area contributed by atoms with Gasteiger partial charge in [-0.15, -0.1) is 0 Å². The molecule has 0 aliphatic heterocycles. The van der Waals surface area contributed by atoms with Gasteiger partial charge >= 0.3 is 0 Å². The number of para-hydroxylation sites is 2. The van der Waals surface area contributed by atoms with Crippen LogP contribution in [0.1, 0.15) is 16.2 Å². The summed E-state index contributed by atoms with van der Waals surface area (Å²) in [5, 5.41) is 2.81. The van der Waals surface area contributed by atoms with Crippen LogP contribution < -0.4 is 10.0 Å². The number of imidazole rings is 1. The van der Waals surface area contributed by atoms with Crippen molar-refractivity contribution < 1.29 is 13.2 Å². The summed E-state index contributed by atoms with van der Waals surface area (Å²) in [5.74, 6) is 0.434. The zero-order chi connectivity index (χ0) is 18.0. The first-order valence-corrected chi connectivity index (χ1v) is 9.49. The molecule has 130 valence electrons. The molecular weight excluding hydrogens is 340 g/mol. The van der Waals surface area contributed by atoms with Crippen LogP contribution in [0.25, 0.3) is 11.0 Å². The molecule has 0 fully saturated rings. The maximum absolute atomic E-state index is 12.3. The van der Waals surface area contributed by atoms with Crippen molar-refractivity contribution in [2.24, 2.45) is 7.05 Å². The second-order valence-electron chi connectivity index (χ2n) is 5.71. The van der Waals surface area contributed by atoms with Gasteiger partial charge in [0.15, 0.2) is 0 Å². The molecule has 0 aliphatic rings. The molecule has 0 saturated heterocycles. The van der Waals surface area contributed by atoms with Gasteiger partial charge in [0, 0.05) is 18.3 Å². The highest BCUT2D eigenvalue weighted by Crippen LogP contribution is 2.15. The van der Waals surface area contributed by atoms with Crippen LogP contribution in [0, 0.1) is 0 Å². The fourth-order valence-electron chi connectivity index (χ4n) is 2.55. The molecule has 1 heterocycles. The Morgan fingerprint density at radius 2 is 1.92 bits per heavy atom. The van der Waals surface area contributed by atoms with Gasteiger partial charge in [-0.05, 0) is 30.3 Å². The van der Waals surface area contributed by atoms with Crippen LogP contribution >= 0.6 is 0 Å². The van der Waals surface area contributed by atoms with Crippen molar-refractivity contribution in [3.8, 4) is 0 Å². The Kier molecular flexibility index (Phi) is 4.45. The number of hydrogen-bond acceptors (Lipinski definition) is 4. The fraction of sp³-hybridized carbons (Fsp3) is 0.176. The smallest absolute Gasteiger partial charge is 0.251 e. The van der Waals surface area contributed by atoms with E-state index in [9.17, 15) is 13.2 Å². The summed E-state index contributed by atoms with van der Waals surface area (Å²) >= 11 is 0. The lowest BCUT2D eigenvalue weighted by atomic mass is 10.2. The predicted molar refractivity (Wildman–Crippen MR) is 96.8 cm³/mol. The van der Waals surface area contributed by atoms with Crippen LogP contribution in [0.2, 0.25) is 0 Å². The zero-order valence-corrected chi connectivity index (χ0v) is 14.7. The van der Waals surface area contributed by atoms with Gasteiger partial charge in [0.1, 0.15) is 5.82 Å². The van der Waals surface area contributed by atoms with E-state index in [2.05, 4.69) is 15.0 Å². The summed E-state index contributed by atoms with van der Waals surface area (Å²) in [4.78, 5) is 16.8. The third kappa shape index (κ3) is 3.97. The Morgan fingerprint density at radius 1 is 1.16 bits per heavy atom. The topological polar surface area (TPSA) is 93.1 Å². The number of nitrogens with zero attached hydrogens (tertiary/aromatic N) is 2. The minimum atomic E-state index is -3.39. The summed E-state index contributed by atoms with van der Waals surface area (Å²) in [5.41, 5.74) is 2.57.